The fourth-order valence-electron chi connectivity index (χ4n) is 3.32. The first-order valence-electron chi connectivity index (χ1n) is 9.49. The summed E-state index contributed by atoms with van der Waals surface area (Å²) in [5, 5.41) is 3.11. The van der Waals surface area contributed by atoms with Crippen LogP contribution in [0.25, 0.3) is 5.69 Å². The van der Waals surface area contributed by atoms with Gasteiger partial charge in [0.1, 0.15) is 0 Å². The van der Waals surface area contributed by atoms with Gasteiger partial charge in [0.05, 0.1) is 0 Å². The Bertz CT molecular complexity index is 714. The van der Waals surface area contributed by atoms with Crippen LogP contribution in [-0.4, -0.2) is 40.4 Å². The number of piperidine rings is 1. The molecule has 3 rings (SSSR count). The van der Waals surface area contributed by atoms with E-state index in [0.29, 0.717) is 12.0 Å². The van der Waals surface area contributed by atoms with Crippen molar-refractivity contribution in [1.82, 2.24) is 14.8 Å². The highest BCUT2D eigenvalue weighted by atomic mass is 16.2. The van der Waals surface area contributed by atoms with Crippen molar-refractivity contribution in [2.24, 2.45) is 0 Å². The quantitative estimate of drug-likeness (QED) is 0.865. The molecule has 5 heteroatoms. The lowest BCUT2D eigenvalue weighted by Gasteiger charge is -2.32. The first-order chi connectivity index (χ1) is 12.7. The van der Waals surface area contributed by atoms with Crippen LogP contribution in [0.2, 0.25) is 0 Å². The van der Waals surface area contributed by atoms with E-state index < -0.39 is 0 Å². The summed E-state index contributed by atoms with van der Waals surface area (Å²) in [5.41, 5.74) is 1.70. The lowest BCUT2D eigenvalue weighted by Crippen LogP contribution is -2.46. The van der Waals surface area contributed by atoms with Crippen molar-refractivity contribution < 1.29 is 9.59 Å². The Labute approximate surface area is 155 Å². The van der Waals surface area contributed by atoms with E-state index in [2.05, 4.69) is 12.2 Å². The van der Waals surface area contributed by atoms with Gasteiger partial charge in [-0.15, -0.1) is 0 Å². The second-order valence-electron chi connectivity index (χ2n) is 6.87. The van der Waals surface area contributed by atoms with Crippen molar-refractivity contribution in [3.05, 3.63) is 54.4 Å². The Balaban J connectivity index is 1.49. The van der Waals surface area contributed by atoms with Gasteiger partial charge in [-0.25, -0.2) is 0 Å². The fraction of sp³-hybridized carbons (Fsp3) is 0.429. The molecule has 0 atom stereocenters. The maximum Gasteiger partial charge on any atom is 0.251 e. The highest BCUT2D eigenvalue weighted by Gasteiger charge is 2.23. The zero-order valence-corrected chi connectivity index (χ0v) is 15.4. The van der Waals surface area contributed by atoms with Gasteiger partial charge in [-0.05, 0) is 55.7 Å². The SMILES string of the molecule is CCCCC(=O)N1CCC(NC(=O)c2ccc(-n3cccc3)cc2)CC1. The predicted octanol–water partition coefficient (Wildman–Crippen LogP) is 3.39. The Morgan fingerprint density at radius 2 is 1.73 bits per heavy atom. The van der Waals surface area contributed by atoms with E-state index >= 15 is 0 Å². The molecule has 1 N–H and O–H groups in total. The smallest absolute Gasteiger partial charge is 0.251 e. The highest BCUT2D eigenvalue weighted by molar-refractivity contribution is 5.94. The maximum atomic E-state index is 12.5. The van der Waals surface area contributed by atoms with Crippen LogP contribution in [0.4, 0.5) is 0 Å². The lowest BCUT2D eigenvalue weighted by molar-refractivity contribution is -0.132. The number of nitrogens with zero attached hydrogens (tertiary/aromatic N) is 2. The fourth-order valence-corrected chi connectivity index (χ4v) is 3.32. The van der Waals surface area contributed by atoms with E-state index in [1.807, 2.05) is 58.3 Å². The van der Waals surface area contributed by atoms with Crippen LogP contribution in [0, 0.1) is 0 Å². The van der Waals surface area contributed by atoms with E-state index in [9.17, 15) is 9.59 Å². The molecule has 2 aromatic rings. The zero-order chi connectivity index (χ0) is 18.4. The predicted molar refractivity (Wildman–Crippen MR) is 102 cm³/mol. The summed E-state index contributed by atoms with van der Waals surface area (Å²) >= 11 is 0. The second kappa shape index (κ2) is 8.70. The Morgan fingerprint density at radius 1 is 1.08 bits per heavy atom. The molecule has 2 amide bonds. The third-order valence-electron chi connectivity index (χ3n) is 4.96. The van der Waals surface area contributed by atoms with E-state index in [1.165, 1.54) is 0 Å². The third kappa shape index (κ3) is 4.54. The molecule has 2 heterocycles. The Kier molecular flexibility index (Phi) is 6.10. The Morgan fingerprint density at radius 3 is 2.35 bits per heavy atom. The molecule has 0 bridgehead atoms. The summed E-state index contributed by atoms with van der Waals surface area (Å²) in [5.74, 6) is 0.206. The molecular weight excluding hydrogens is 326 g/mol. The standard InChI is InChI=1S/C21H27N3O2/c1-2-3-6-20(25)24-15-11-18(12-16-24)22-21(26)17-7-9-19(10-8-17)23-13-4-5-14-23/h4-5,7-10,13-14,18H,2-3,6,11-12,15-16H2,1H3,(H,22,26). The molecule has 1 aromatic carbocycles. The van der Waals surface area contributed by atoms with E-state index in [1.54, 1.807) is 0 Å². The number of rotatable bonds is 6. The topological polar surface area (TPSA) is 54.3 Å². The monoisotopic (exact) mass is 353 g/mol. The minimum Gasteiger partial charge on any atom is -0.349 e. The molecule has 5 nitrogen and oxygen atoms in total. The number of aromatic nitrogens is 1. The van der Waals surface area contributed by atoms with Crippen LogP contribution in [0.1, 0.15) is 49.4 Å². The van der Waals surface area contributed by atoms with Crippen molar-refractivity contribution in [2.75, 3.05) is 13.1 Å². The normalized spacial score (nSPS) is 15.0. The van der Waals surface area contributed by atoms with Crippen LogP contribution < -0.4 is 5.32 Å². The first kappa shape index (κ1) is 18.2. The number of amides is 2. The van der Waals surface area contributed by atoms with E-state index in [-0.39, 0.29) is 17.9 Å². The molecule has 26 heavy (non-hydrogen) atoms. The van der Waals surface area contributed by atoms with Crippen LogP contribution in [0.5, 0.6) is 0 Å². The van der Waals surface area contributed by atoms with E-state index in [4.69, 9.17) is 0 Å². The number of carbonyl (C=O) groups excluding carboxylic acids is 2. The highest BCUT2D eigenvalue weighted by Crippen LogP contribution is 2.14. The van der Waals surface area contributed by atoms with Crippen molar-refractivity contribution in [3.8, 4) is 5.69 Å². The average molecular weight is 353 g/mol. The van der Waals surface area contributed by atoms with Gasteiger partial charge in [-0.3, -0.25) is 9.59 Å². The molecular formula is C21H27N3O2. The number of unbranched alkanes of at least 4 members (excludes halogenated alkanes) is 1. The summed E-state index contributed by atoms with van der Waals surface area (Å²) in [4.78, 5) is 26.5. The average Bonchev–Trinajstić information content (AvgIpc) is 3.21. The third-order valence-corrected chi connectivity index (χ3v) is 4.96. The molecule has 138 valence electrons. The van der Waals surface area contributed by atoms with Gasteiger partial charge in [0.15, 0.2) is 0 Å². The second-order valence-corrected chi connectivity index (χ2v) is 6.87. The number of likely N-dealkylation sites (tertiary alicyclic amines) is 1. The maximum absolute atomic E-state index is 12.5. The summed E-state index contributed by atoms with van der Waals surface area (Å²) < 4.78 is 2.01. The summed E-state index contributed by atoms with van der Waals surface area (Å²) in [6.07, 6.45) is 8.24. The molecule has 0 saturated carbocycles. The minimum atomic E-state index is -0.0418. The van der Waals surface area contributed by atoms with Crippen molar-refractivity contribution >= 4 is 11.8 Å². The van der Waals surface area contributed by atoms with Gasteiger partial charge in [0, 0.05) is 49.2 Å². The van der Waals surface area contributed by atoms with Gasteiger partial charge in [0.2, 0.25) is 5.91 Å². The van der Waals surface area contributed by atoms with Crippen molar-refractivity contribution in [3.63, 3.8) is 0 Å². The summed E-state index contributed by atoms with van der Waals surface area (Å²) in [7, 11) is 0. The van der Waals surface area contributed by atoms with Gasteiger partial charge < -0.3 is 14.8 Å². The molecule has 0 radical (unpaired) electrons. The van der Waals surface area contributed by atoms with Crippen LogP contribution in [-0.2, 0) is 4.79 Å². The zero-order valence-electron chi connectivity index (χ0n) is 15.4. The molecule has 1 saturated heterocycles. The van der Waals surface area contributed by atoms with Crippen molar-refractivity contribution in [1.29, 1.82) is 0 Å². The number of carbonyl (C=O) groups is 2. The van der Waals surface area contributed by atoms with Gasteiger partial charge in [-0.1, -0.05) is 13.3 Å². The van der Waals surface area contributed by atoms with Gasteiger partial charge in [-0.2, -0.15) is 0 Å². The molecule has 1 aliphatic heterocycles. The largest absolute Gasteiger partial charge is 0.349 e. The molecule has 1 aliphatic rings. The Hall–Kier alpha value is -2.56. The number of benzene rings is 1. The van der Waals surface area contributed by atoms with Crippen LogP contribution >= 0.6 is 0 Å². The summed E-state index contributed by atoms with van der Waals surface area (Å²) in [6.45, 7) is 3.57. The molecule has 0 unspecified atom stereocenters. The lowest BCUT2D eigenvalue weighted by atomic mass is 10.0. The number of hydrogen-bond acceptors (Lipinski definition) is 2. The molecule has 1 aromatic heterocycles. The van der Waals surface area contributed by atoms with Crippen molar-refractivity contribution in [2.45, 2.75) is 45.1 Å². The number of nitrogens with one attached hydrogen (secondary N) is 1. The van der Waals surface area contributed by atoms with Gasteiger partial charge >= 0.3 is 0 Å². The van der Waals surface area contributed by atoms with Crippen LogP contribution in [0.3, 0.4) is 0 Å². The molecule has 0 spiro atoms. The van der Waals surface area contributed by atoms with Crippen LogP contribution in [0.15, 0.2) is 48.8 Å². The minimum absolute atomic E-state index is 0.0418. The summed E-state index contributed by atoms with van der Waals surface area (Å²) in [6, 6.07) is 11.7. The first-order valence-corrected chi connectivity index (χ1v) is 9.49. The molecule has 0 aliphatic carbocycles. The number of hydrogen-bond donors (Lipinski definition) is 1. The van der Waals surface area contributed by atoms with Gasteiger partial charge in [0.25, 0.3) is 5.91 Å². The van der Waals surface area contributed by atoms with E-state index in [0.717, 1.165) is 44.5 Å². The molecule has 1 fully saturated rings.